The van der Waals surface area contributed by atoms with Crippen molar-refractivity contribution in [2.45, 2.75) is 18.3 Å². The maximum Gasteiger partial charge on any atom is 0.316 e. The van der Waals surface area contributed by atoms with Gasteiger partial charge in [0.25, 0.3) is 0 Å². The maximum atomic E-state index is 14.0. The first-order chi connectivity index (χ1) is 21.3. The van der Waals surface area contributed by atoms with E-state index in [2.05, 4.69) is 24.3 Å². The van der Waals surface area contributed by atoms with Crippen molar-refractivity contribution in [3.05, 3.63) is 123 Å². The fraction of sp³-hybridized carbons (Fsp3) is 0.200. The lowest BCUT2D eigenvalue weighted by molar-refractivity contribution is -0.139. The fourth-order valence-electron chi connectivity index (χ4n) is 7.59. The maximum absolute atomic E-state index is 14.0. The SMILES string of the molecule is O=C(Oc1ccc(N2C(=O)[C@@H]3C4c5ccccc5C(c5ccccc54)[C@H]3C2=O)cc1)[C@@H]1CC(=O)N(c2cc(Cl)ccc2Cl)C1. The van der Waals surface area contributed by atoms with Gasteiger partial charge in [0.1, 0.15) is 5.75 Å². The Morgan fingerprint density at radius 3 is 1.82 bits per heavy atom. The quantitative estimate of drug-likeness (QED) is 0.150. The summed E-state index contributed by atoms with van der Waals surface area (Å²) in [5.41, 5.74) is 5.34. The highest BCUT2D eigenvalue weighted by atomic mass is 35.5. The highest BCUT2D eigenvalue weighted by Crippen LogP contribution is 2.61. The van der Waals surface area contributed by atoms with Gasteiger partial charge >= 0.3 is 5.97 Å². The summed E-state index contributed by atoms with van der Waals surface area (Å²) in [5, 5.41) is 0.790. The summed E-state index contributed by atoms with van der Waals surface area (Å²) < 4.78 is 5.61. The molecule has 0 spiro atoms. The van der Waals surface area contributed by atoms with Crippen molar-refractivity contribution < 1.29 is 23.9 Å². The number of benzene rings is 4. The van der Waals surface area contributed by atoms with Gasteiger partial charge in [0.15, 0.2) is 0 Å². The minimum absolute atomic E-state index is 0.0214. The van der Waals surface area contributed by atoms with Crippen LogP contribution in [0.4, 0.5) is 11.4 Å². The number of nitrogens with zero attached hydrogens (tertiary/aromatic N) is 2. The van der Waals surface area contributed by atoms with Crippen LogP contribution >= 0.6 is 23.2 Å². The highest BCUT2D eigenvalue weighted by Gasteiger charge is 2.61. The van der Waals surface area contributed by atoms with Crippen molar-refractivity contribution in [3.8, 4) is 5.75 Å². The van der Waals surface area contributed by atoms with Crippen molar-refractivity contribution in [2.24, 2.45) is 17.8 Å². The van der Waals surface area contributed by atoms with E-state index in [0.29, 0.717) is 21.4 Å². The van der Waals surface area contributed by atoms with E-state index in [0.717, 1.165) is 22.3 Å². The first-order valence-corrected chi connectivity index (χ1v) is 15.2. The van der Waals surface area contributed by atoms with Crippen molar-refractivity contribution in [1.29, 1.82) is 0 Å². The second-order valence-electron chi connectivity index (χ2n) is 11.7. The van der Waals surface area contributed by atoms with Crippen molar-refractivity contribution >= 4 is 58.3 Å². The summed E-state index contributed by atoms with van der Waals surface area (Å²) in [7, 11) is 0. The van der Waals surface area contributed by atoms with Gasteiger partial charge in [-0.15, -0.1) is 0 Å². The minimum atomic E-state index is -0.694. The molecule has 0 saturated carbocycles. The molecule has 2 saturated heterocycles. The molecule has 9 rings (SSSR count). The van der Waals surface area contributed by atoms with Crippen molar-refractivity contribution in [1.82, 2.24) is 0 Å². The van der Waals surface area contributed by atoms with Gasteiger partial charge in [-0.2, -0.15) is 0 Å². The second-order valence-corrected chi connectivity index (χ2v) is 12.5. The predicted octanol–water partition coefficient (Wildman–Crippen LogP) is 6.35. The van der Waals surface area contributed by atoms with Gasteiger partial charge in [0.05, 0.1) is 34.2 Å². The lowest BCUT2D eigenvalue weighted by Crippen LogP contribution is -2.41. The van der Waals surface area contributed by atoms with E-state index in [1.807, 2.05) is 24.3 Å². The molecule has 3 amide bonds. The van der Waals surface area contributed by atoms with Crippen LogP contribution in [0.2, 0.25) is 10.0 Å². The second kappa shape index (κ2) is 10.0. The molecule has 2 aliphatic heterocycles. The van der Waals surface area contributed by atoms with Crippen LogP contribution in [0.25, 0.3) is 0 Å². The molecule has 7 nitrogen and oxygen atoms in total. The molecule has 218 valence electrons. The predicted molar refractivity (Wildman–Crippen MR) is 165 cm³/mol. The third-order valence-electron chi connectivity index (χ3n) is 9.42. The smallest absolute Gasteiger partial charge is 0.316 e. The number of ether oxygens (including phenoxy) is 1. The number of hydrogen-bond donors (Lipinski definition) is 0. The molecule has 4 aromatic carbocycles. The molecule has 0 unspecified atom stereocenters. The number of esters is 1. The minimum Gasteiger partial charge on any atom is -0.426 e. The molecule has 0 aromatic heterocycles. The van der Waals surface area contributed by atoms with Crippen LogP contribution in [-0.4, -0.2) is 30.2 Å². The summed E-state index contributed by atoms with van der Waals surface area (Å²) in [6, 6.07) is 27.4. The number of halogens is 2. The molecule has 2 fully saturated rings. The van der Waals surface area contributed by atoms with Gasteiger partial charge in [0, 0.05) is 29.8 Å². The van der Waals surface area contributed by atoms with Crippen LogP contribution in [0.3, 0.4) is 0 Å². The zero-order valence-electron chi connectivity index (χ0n) is 23.2. The summed E-state index contributed by atoms with van der Waals surface area (Å²) in [6.45, 7) is 0.114. The average molecular weight is 623 g/mol. The number of carbonyl (C=O) groups is 4. The van der Waals surface area contributed by atoms with Crippen LogP contribution < -0.4 is 14.5 Å². The molecule has 2 bridgehead atoms. The third kappa shape index (κ3) is 3.96. The number of anilines is 2. The Hall–Kier alpha value is -4.46. The van der Waals surface area contributed by atoms with E-state index in [4.69, 9.17) is 27.9 Å². The Morgan fingerprint density at radius 2 is 1.27 bits per heavy atom. The molecule has 2 heterocycles. The van der Waals surface area contributed by atoms with Crippen LogP contribution in [0.1, 0.15) is 40.5 Å². The largest absolute Gasteiger partial charge is 0.426 e. The Bertz CT molecular complexity index is 1790. The van der Waals surface area contributed by atoms with E-state index in [-0.39, 0.29) is 48.3 Å². The topological polar surface area (TPSA) is 84.0 Å². The Morgan fingerprint density at radius 1 is 0.727 bits per heavy atom. The molecule has 5 aliphatic rings. The van der Waals surface area contributed by atoms with E-state index in [1.54, 1.807) is 42.5 Å². The standard InChI is InChI=1S/C35H24Cl2N2O5/c36-19-9-14-26(37)27(16-19)38-17-18(15-28(38)40)35(43)44-21-12-10-20(11-13-21)39-33(41)31-29-22-5-1-2-6-23(22)30(32(31)34(39)42)25-8-4-3-7-24(25)29/h1-14,16,18,29-32H,15,17H2/t18-,29?,30?,31-,32-/m1/s1. The summed E-state index contributed by atoms with van der Waals surface area (Å²) >= 11 is 12.4. The van der Waals surface area contributed by atoms with Gasteiger partial charge in [-0.25, -0.2) is 4.90 Å². The molecule has 44 heavy (non-hydrogen) atoms. The van der Waals surface area contributed by atoms with Gasteiger partial charge in [0.2, 0.25) is 17.7 Å². The van der Waals surface area contributed by atoms with Gasteiger partial charge in [-0.05, 0) is 64.7 Å². The van der Waals surface area contributed by atoms with Crippen LogP contribution in [0, 0.1) is 17.8 Å². The van der Waals surface area contributed by atoms with Gasteiger partial charge in [-0.1, -0.05) is 71.7 Å². The van der Waals surface area contributed by atoms with Gasteiger partial charge in [-0.3, -0.25) is 19.2 Å². The number of carbonyl (C=O) groups excluding carboxylic acids is 4. The summed E-state index contributed by atoms with van der Waals surface area (Å²) in [5.74, 6) is -3.01. The monoisotopic (exact) mass is 622 g/mol. The number of amides is 3. The Kier molecular flexibility index (Phi) is 6.19. The zero-order valence-corrected chi connectivity index (χ0v) is 24.7. The summed E-state index contributed by atoms with van der Waals surface area (Å²) in [4.78, 5) is 56.4. The number of hydrogen-bond acceptors (Lipinski definition) is 5. The lowest BCUT2D eigenvalue weighted by atomic mass is 9.55. The van der Waals surface area contributed by atoms with E-state index in [1.165, 1.54) is 9.80 Å². The fourth-order valence-corrected chi connectivity index (χ4v) is 7.97. The molecule has 9 heteroatoms. The first-order valence-electron chi connectivity index (χ1n) is 14.4. The van der Waals surface area contributed by atoms with Crippen LogP contribution in [0.15, 0.2) is 91.0 Å². The van der Waals surface area contributed by atoms with Crippen LogP contribution in [-0.2, 0) is 19.2 Å². The number of imide groups is 1. The number of rotatable bonds is 4. The van der Waals surface area contributed by atoms with Gasteiger partial charge < -0.3 is 9.64 Å². The Labute approximate surface area is 262 Å². The van der Waals surface area contributed by atoms with E-state index < -0.39 is 23.7 Å². The van der Waals surface area contributed by atoms with Crippen LogP contribution in [0.5, 0.6) is 5.75 Å². The van der Waals surface area contributed by atoms with E-state index >= 15 is 0 Å². The average Bonchev–Trinajstić information content (AvgIpc) is 3.55. The lowest BCUT2D eigenvalue weighted by Gasteiger charge is -2.45. The highest BCUT2D eigenvalue weighted by molar-refractivity contribution is 6.36. The molecule has 0 N–H and O–H groups in total. The third-order valence-corrected chi connectivity index (χ3v) is 9.97. The van der Waals surface area contributed by atoms with Crippen molar-refractivity contribution in [3.63, 3.8) is 0 Å². The normalized spacial score (nSPS) is 24.8. The summed E-state index contributed by atoms with van der Waals surface area (Å²) in [6.07, 6.45) is -0.0214. The molecular weight excluding hydrogens is 599 g/mol. The van der Waals surface area contributed by atoms with Crippen molar-refractivity contribution in [2.75, 3.05) is 16.3 Å². The zero-order chi connectivity index (χ0) is 30.3. The molecule has 0 radical (unpaired) electrons. The van der Waals surface area contributed by atoms with E-state index in [9.17, 15) is 19.2 Å². The molecule has 3 atom stereocenters. The molecular formula is C35H24Cl2N2O5. The Balaban J connectivity index is 1.02. The molecule has 4 aromatic rings. The first kappa shape index (κ1) is 27.1. The molecule has 3 aliphatic carbocycles.